The van der Waals surface area contributed by atoms with Crippen LogP contribution in [-0.4, -0.2) is 73.7 Å². The highest BCUT2D eigenvalue weighted by molar-refractivity contribution is 5.96. The normalized spacial score (nSPS) is 19.5. The summed E-state index contributed by atoms with van der Waals surface area (Å²) in [5, 5.41) is 26.5. The number of hydrogen-bond acceptors (Lipinski definition) is 7. The van der Waals surface area contributed by atoms with Gasteiger partial charge in [0, 0.05) is 38.3 Å². The van der Waals surface area contributed by atoms with Gasteiger partial charge in [0.2, 0.25) is 5.91 Å². The lowest BCUT2D eigenvalue weighted by molar-refractivity contribution is -0.134. The number of halogens is 1. The summed E-state index contributed by atoms with van der Waals surface area (Å²) in [7, 11) is 1.67. The second kappa shape index (κ2) is 18.6. The van der Waals surface area contributed by atoms with Gasteiger partial charge in [-0.25, -0.2) is 0 Å². The standard InChI is InChI=1S/C31H53N3O6.ClH/c1-21(2)22(19-33-29(37)25-10-6-7-11-28(25)40-17-9-8-16-39-5)18-26(32)27(36)20-34-30(38)31(3,4)23-12-14-24(35)15-13-23;/h6-7,10-11,21-24,26-27,35-36H,8-9,12-20,32H2,1-5H3,(H,33,37)(H,34,38);1H/t22?,23-,24-,26?,27?;. The van der Waals surface area contributed by atoms with Gasteiger partial charge >= 0.3 is 0 Å². The monoisotopic (exact) mass is 599 g/mol. The van der Waals surface area contributed by atoms with Gasteiger partial charge in [-0.1, -0.05) is 39.8 Å². The molecule has 6 N–H and O–H groups in total. The number of benzene rings is 1. The zero-order valence-corrected chi connectivity index (χ0v) is 26.4. The summed E-state index contributed by atoms with van der Waals surface area (Å²) in [6.45, 7) is 9.66. The third kappa shape index (κ3) is 12.1. The molecule has 1 aliphatic carbocycles. The molecule has 0 aromatic heterocycles. The molecule has 41 heavy (non-hydrogen) atoms. The fourth-order valence-electron chi connectivity index (χ4n) is 5.29. The number of carbonyl (C=O) groups is 2. The van der Waals surface area contributed by atoms with Crippen LogP contribution in [0.5, 0.6) is 5.75 Å². The first-order valence-electron chi connectivity index (χ1n) is 14.9. The Kier molecular flexibility index (Phi) is 16.8. The quantitative estimate of drug-likeness (QED) is 0.172. The zero-order valence-electron chi connectivity index (χ0n) is 25.6. The van der Waals surface area contributed by atoms with Crippen LogP contribution in [0.15, 0.2) is 24.3 Å². The van der Waals surface area contributed by atoms with E-state index in [4.69, 9.17) is 15.2 Å². The van der Waals surface area contributed by atoms with E-state index < -0.39 is 17.6 Å². The Bertz CT molecular complexity index is 908. The molecular weight excluding hydrogens is 546 g/mol. The number of rotatable bonds is 17. The first-order valence-corrected chi connectivity index (χ1v) is 14.9. The molecule has 9 nitrogen and oxygen atoms in total. The van der Waals surface area contributed by atoms with Crippen LogP contribution < -0.4 is 21.1 Å². The Morgan fingerprint density at radius 2 is 1.68 bits per heavy atom. The summed E-state index contributed by atoms with van der Waals surface area (Å²) in [5.74, 6) is 0.692. The average molecular weight is 600 g/mol. The lowest BCUT2D eigenvalue weighted by Gasteiger charge is -2.37. The second-order valence-electron chi connectivity index (χ2n) is 12.2. The summed E-state index contributed by atoms with van der Waals surface area (Å²) in [4.78, 5) is 26.0. The van der Waals surface area contributed by atoms with Crippen molar-refractivity contribution >= 4 is 24.2 Å². The molecule has 3 unspecified atom stereocenters. The van der Waals surface area contributed by atoms with Crippen molar-refractivity contribution < 1.29 is 29.3 Å². The Labute approximate surface area is 252 Å². The van der Waals surface area contributed by atoms with Gasteiger partial charge in [0.25, 0.3) is 5.91 Å². The van der Waals surface area contributed by atoms with Crippen molar-refractivity contribution in [1.82, 2.24) is 10.6 Å². The number of carbonyl (C=O) groups excluding carboxylic acids is 2. The largest absolute Gasteiger partial charge is 0.493 e. The minimum absolute atomic E-state index is 0. The summed E-state index contributed by atoms with van der Waals surface area (Å²) in [5.41, 5.74) is 6.27. The van der Waals surface area contributed by atoms with Crippen molar-refractivity contribution in [2.45, 2.75) is 90.9 Å². The Morgan fingerprint density at radius 1 is 1.05 bits per heavy atom. The fourth-order valence-corrected chi connectivity index (χ4v) is 5.29. The third-order valence-corrected chi connectivity index (χ3v) is 8.44. The van der Waals surface area contributed by atoms with Crippen LogP contribution in [0.1, 0.15) is 83.0 Å². The second-order valence-corrected chi connectivity index (χ2v) is 12.2. The van der Waals surface area contributed by atoms with Crippen LogP contribution in [0.25, 0.3) is 0 Å². The van der Waals surface area contributed by atoms with Crippen LogP contribution in [0.3, 0.4) is 0 Å². The van der Waals surface area contributed by atoms with Gasteiger partial charge in [-0.05, 0) is 74.8 Å². The molecule has 3 atom stereocenters. The van der Waals surface area contributed by atoms with Gasteiger partial charge in [0.15, 0.2) is 0 Å². The molecular formula is C31H54ClN3O6. The van der Waals surface area contributed by atoms with Gasteiger partial charge in [-0.2, -0.15) is 0 Å². The molecule has 1 saturated carbocycles. The van der Waals surface area contributed by atoms with Crippen molar-refractivity contribution in [1.29, 1.82) is 0 Å². The molecule has 0 aliphatic heterocycles. The lowest BCUT2D eigenvalue weighted by atomic mass is 9.70. The number of nitrogens with two attached hydrogens (primary N) is 1. The molecule has 2 rings (SSSR count). The summed E-state index contributed by atoms with van der Waals surface area (Å²) < 4.78 is 10.9. The molecule has 1 aromatic rings. The number of unbranched alkanes of at least 4 members (excludes halogenated alkanes) is 1. The Hall–Kier alpha value is -1.91. The van der Waals surface area contributed by atoms with E-state index in [1.165, 1.54) is 0 Å². The van der Waals surface area contributed by atoms with Gasteiger partial charge in [0.1, 0.15) is 5.75 Å². The topological polar surface area (TPSA) is 143 Å². The highest BCUT2D eigenvalue weighted by Gasteiger charge is 2.38. The zero-order chi connectivity index (χ0) is 29.7. The van der Waals surface area contributed by atoms with Gasteiger partial charge in [0.05, 0.1) is 24.4 Å². The van der Waals surface area contributed by atoms with E-state index in [2.05, 4.69) is 24.5 Å². The minimum atomic E-state index is -0.905. The molecule has 1 aliphatic rings. The first kappa shape index (κ1) is 37.1. The van der Waals surface area contributed by atoms with E-state index >= 15 is 0 Å². The maximum atomic E-state index is 13.0. The van der Waals surface area contributed by atoms with Crippen LogP contribution in [-0.2, 0) is 9.53 Å². The van der Waals surface area contributed by atoms with Gasteiger partial charge in [-0.3, -0.25) is 9.59 Å². The van der Waals surface area contributed by atoms with E-state index in [0.717, 1.165) is 38.5 Å². The summed E-state index contributed by atoms with van der Waals surface area (Å²) in [6, 6.07) is 6.65. The first-order chi connectivity index (χ1) is 19.0. The maximum Gasteiger partial charge on any atom is 0.255 e. The Morgan fingerprint density at radius 3 is 2.32 bits per heavy atom. The molecule has 0 bridgehead atoms. The molecule has 0 spiro atoms. The van der Waals surface area contributed by atoms with Crippen LogP contribution >= 0.6 is 12.4 Å². The van der Waals surface area contributed by atoms with Gasteiger partial charge in [-0.15, -0.1) is 12.4 Å². The number of methoxy groups -OCH3 is 1. The van der Waals surface area contributed by atoms with Crippen molar-refractivity contribution in [3.8, 4) is 5.75 Å². The molecule has 1 fully saturated rings. The predicted molar refractivity (Wildman–Crippen MR) is 164 cm³/mol. The number of hydrogen-bond donors (Lipinski definition) is 5. The number of ether oxygens (including phenoxy) is 2. The minimum Gasteiger partial charge on any atom is -0.493 e. The van der Waals surface area contributed by atoms with E-state index in [0.29, 0.717) is 37.5 Å². The molecule has 0 radical (unpaired) electrons. The number of nitrogens with one attached hydrogen (secondary N) is 2. The van der Waals surface area contributed by atoms with E-state index in [1.54, 1.807) is 19.2 Å². The molecule has 2 amide bonds. The Balaban J connectivity index is 0.00000840. The average Bonchev–Trinajstić information content (AvgIpc) is 2.93. The smallest absolute Gasteiger partial charge is 0.255 e. The highest BCUT2D eigenvalue weighted by atomic mass is 35.5. The summed E-state index contributed by atoms with van der Waals surface area (Å²) in [6.07, 6.45) is 4.11. The fraction of sp³-hybridized carbons (Fsp3) is 0.742. The predicted octanol–water partition coefficient (Wildman–Crippen LogP) is 3.69. The number of para-hydroxylation sites is 1. The van der Waals surface area contributed by atoms with E-state index in [1.807, 2.05) is 26.0 Å². The van der Waals surface area contributed by atoms with Crippen molar-refractivity contribution in [2.24, 2.45) is 28.9 Å². The van der Waals surface area contributed by atoms with Crippen LogP contribution in [0.4, 0.5) is 0 Å². The molecule has 10 heteroatoms. The molecule has 0 saturated heterocycles. The summed E-state index contributed by atoms with van der Waals surface area (Å²) >= 11 is 0. The van der Waals surface area contributed by atoms with E-state index in [-0.39, 0.29) is 54.6 Å². The number of amides is 2. The van der Waals surface area contributed by atoms with E-state index in [9.17, 15) is 19.8 Å². The molecule has 236 valence electrons. The van der Waals surface area contributed by atoms with Crippen molar-refractivity contribution in [3.63, 3.8) is 0 Å². The lowest BCUT2D eigenvalue weighted by Crippen LogP contribution is -2.49. The SMILES string of the molecule is COCCCCOc1ccccc1C(=O)NCC(CC(N)C(O)CNC(=O)C(C)(C)[C@H]1CC[C@H](O)CC1)C(C)C.Cl. The van der Waals surface area contributed by atoms with Crippen molar-refractivity contribution in [2.75, 3.05) is 33.4 Å². The molecule has 0 heterocycles. The van der Waals surface area contributed by atoms with Crippen LogP contribution in [0, 0.1) is 23.2 Å². The third-order valence-electron chi connectivity index (χ3n) is 8.44. The number of aliphatic hydroxyl groups is 2. The number of aliphatic hydroxyl groups excluding tert-OH is 2. The van der Waals surface area contributed by atoms with Crippen LogP contribution in [0.2, 0.25) is 0 Å². The maximum absolute atomic E-state index is 13.0. The van der Waals surface area contributed by atoms with Gasteiger partial charge < -0.3 is 36.1 Å². The van der Waals surface area contributed by atoms with Crippen molar-refractivity contribution in [3.05, 3.63) is 29.8 Å². The highest BCUT2D eigenvalue weighted by Crippen LogP contribution is 2.38. The molecule has 1 aromatic carbocycles.